The van der Waals surface area contributed by atoms with Crippen molar-refractivity contribution >= 4 is 11.5 Å². The summed E-state index contributed by atoms with van der Waals surface area (Å²) in [7, 11) is 1.66. The fourth-order valence-electron chi connectivity index (χ4n) is 5.00. The minimum absolute atomic E-state index is 0.0294. The molecule has 2 N–H and O–H groups in total. The number of fused-ring (bicyclic) bond motifs is 4. The van der Waals surface area contributed by atoms with Gasteiger partial charge < -0.3 is 15.2 Å². The van der Waals surface area contributed by atoms with Gasteiger partial charge in [0.05, 0.1) is 18.3 Å². The quantitative estimate of drug-likeness (QED) is 0.605. The van der Waals surface area contributed by atoms with E-state index in [4.69, 9.17) is 4.74 Å². The van der Waals surface area contributed by atoms with Gasteiger partial charge in [-0.15, -0.1) is 0 Å². The molecule has 1 aromatic rings. The number of anilines is 1. The van der Waals surface area contributed by atoms with Crippen LogP contribution in [0.5, 0.6) is 5.75 Å². The number of ether oxygens (including phenoxy) is 1. The Kier molecular flexibility index (Phi) is 4.48. The molecule has 2 aliphatic carbocycles. The molecule has 5 heteroatoms. The number of hydrogen-bond donors (Lipinski definition) is 2. The Hall–Kier alpha value is -1.59. The van der Waals surface area contributed by atoms with Crippen molar-refractivity contribution in [3.63, 3.8) is 0 Å². The molecule has 1 aromatic carbocycles. The number of methoxy groups -OCH3 is 1. The summed E-state index contributed by atoms with van der Waals surface area (Å²) in [5.74, 6) is 1.46. The van der Waals surface area contributed by atoms with Gasteiger partial charge in [0, 0.05) is 31.2 Å². The molecule has 3 aliphatic rings. The van der Waals surface area contributed by atoms with Gasteiger partial charge in [0.1, 0.15) is 5.75 Å². The van der Waals surface area contributed by atoms with Gasteiger partial charge in [-0.3, -0.25) is 9.69 Å². The smallest absolute Gasteiger partial charge is 0.180 e. The fraction of sp³-hybridized carbons (Fsp3) is 0.667. The number of phenolic OH excluding ortho intramolecular Hbond substituents is 1. The number of piperidine rings is 1. The molecule has 1 aliphatic heterocycles. The number of ketones is 1. The number of carbonyl (C=O) groups is 1. The van der Waals surface area contributed by atoms with Crippen LogP contribution in [0.1, 0.15) is 49.0 Å². The molecule has 3 atom stereocenters. The average molecular weight is 358 g/mol. The predicted molar refractivity (Wildman–Crippen MR) is 102 cm³/mol. The van der Waals surface area contributed by atoms with E-state index in [-0.39, 0.29) is 28.9 Å². The molecule has 0 unspecified atom stereocenters. The highest BCUT2D eigenvalue weighted by atomic mass is 16.5. The van der Waals surface area contributed by atoms with E-state index in [1.165, 1.54) is 12.8 Å². The van der Waals surface area contributed by atoms with E-state index < -0.39 is 0 Å². The number of phenols is 1. The molecule has 5 nitrogen and oxygen atoms in total. The maximum atomic E-state index is 13.4. The number of nitrogens with one attached hydrogen (secondary N) is 1. The number of Topliss-reactive ketones (excluding diaryl/α,β-unsaturated/α-hetero) is 1. The number of aromatic hydroxyl groups is 1. The summed E-state index contributed by atoms with van der Waals surface area (Å²) in [5, 5.41) is 13.8. The Labute approximate surface area is 155 Å². The third-order valence-corrected chi connectivity index (χ3v) is 6.88. The zero-order chi connectivity index (χ0) is 18.5. The fourth-order valence-corrected chi connectivity index (χ4v) is 5.00. The average Bonchev–Trinajstić information content (AvgIpc) is 3.42. The van der Waals surface area contributed by atoms with Crippen LogP contribution < -0.4 is 5.32 Å². The number of likely N-dealkylation sites (tertiary alicyclic amines) is 1. The molecule has 26 heavy (non-hydrogen) atoms. The second-order valence-electron chi connectivity index (χ2n) is 8.51. The molecule has 1 saturated carbocycles. The number of benzene rings is 1. The normalized spacial score (nSPS) is 31.0. The summed E-state index contributed by atoms with van der Waals surface area (Å²) in [4.78, 5) is 15.8. The van der Waals surface area contributed by atoms with E-state index in [0.717, 1.165) is 42.2 Å². The lowest BCUT2D eigenvalue weighted by atomic mass is 9.58. The van der Waals surface area contributed by atoms with Gasteiger partial charge in [-0.1, -0.05) is 13.8 Å². The Bertz CT molecular complexity index is 715. The van der Waals surface area contributed by atoms with Gasteiger partial charge in [0.25, 0.3) is 0 Å². The first-order chi connectivity index (χ1) is 12.5. The Morgan fingerprint density at radius 1 is 1.38 bits per heavy atom. The Morgan fingerprint density at radius 3 is 2.85 bits per heavy atom. The SMILES string of the molecule is COCCNc1c(O)ccc2c1[C@]1(C)CCN(CC3CC3)[C@H](C2=O)[C@@H]1C. The van der Waals surface area contributed by atoms with Gasteiger partial charge in [0.2, 0.25) is 0 Å². The number of nitrogens with zero attached hydrogens (tertiary/aromatic N) is 1. The van der Waals surface area contributed by atoms with E-state index in [1.807, 2.05) is 6.07 Å². The van der Waals surface area contributed by atoms with Crippen LogP contribution in [-0.4, -0.2) is 55.2 Å². The molecule has 1 heterocycles. The van der Waals surface area contributed by atoms with Crippen LogP contribution in [0.25, 0.3) is 0 Å². The van der Waals surface area contributed by atoms with Crippen LogP contribution >= 0.6 is 0 Å². The monoisotopic (exact) mass is 358 g/mol. The minimum atomic E-state index is -0.109. The second-order valence-corrected chi connectivity index (χ2v) is 8.51. The molecule has 142 valence electrons. The van der Waals surface area contributed by atoms with Crippen molar-refractivity contribution in [2.45, 2.75) is 44.6 Å². The molecular formula is C21H30N2O3. The molecule has 0 spiro atoms. The number of carbonyl (C=O) groups excluding carboxylic acids is 1. The van der Waals surface area contributed by atoms with Gasteiger partial charge in [-0.25, -0.2) is 0 Å². The summed E-state index contributed by atoms with van der Waals surface area (Å²) in [6.45, 7) is 7.67. The van der Waals surface area contributed by atoms with Crippen LogP contribution in [-0.2, 0) is 10.2 Å². The molecule has 0 aromatic heterocycles. The van der Waals surface area contributed by atoms with E-state index in [9.17, 15) is 9.90 Å². The van der Waals surface area contributed by atoms with Crippen molar-refractivity contribution in [2.24, 2.45) is 11.8 Å². The highest BCUT2D eigenvalue weighted by molar-refractivity contribution is 6.05. The zero-order valence-electron chi connectivity index (χ0n) is 16.0. The predicted octanol–water partition coefficient (Wildman–Crippen LogP) is 3.02. The van der Waals surface area contributed by atoms with E-state index in [2.05, 4.69) is 24.1 Å². The summed E-state index contributed by atoms with van der Waals surface area (Å²) in [5.41, 5.74) is 2.40. The summed E-state index contributed by atoms with van der Waals surface area (Å²) in [6.07, 6.45) is 3.63. The lowest BCUT2D eigenvalue weighted by Gasteiger charge is -2.54. The van der Waals surface area contributed by atoms with Crippen molar-refractivity contribution in [3.05, 3.63) is 23.3 Å². The minimum Gasteiger partial charge on any atom is -0.506 e. The van der Waals surface area contributed by atoms with Gasteiger partial charge in [-0.05, 0) is 55.3 Å². The highest BCUT2D eigenvalue weighted by Crippen LogP contribution is 2.53. The van der Waals surface area contributed by atoms with Crippen LogP contribution in [0.3, 0.4) is 0 Å². The molecule has 2 bridgehead atoms. The lowest BCUT2D eigenvalue weighted by molar-refractivity contribution is 0.0268. The van der Waals surface area contributed by atoms with Crippen LogP contribution in [0.4, 0.5) is 5.69 Å². The molecule has 0 radical (unpaired) electrons. The summed E-state index contributed by atoms with van der Waals surface area (Å²) < 4.78 is 5.14. The molecular weight excluding hydrogens is 328 g/mol. The highest BCUT2D eigenvalue weighted by Gasteiger charge is 2.54. The van der Waals surface area contributed by atoms with E-state index >= 15 is 0 Å². The van der Waals surface area contributed by atoms with Crippen molar-refractivity contribution in [3.8, 4) is 5.75 Å². The maximum absolute atomic E-state index is 13.4. The number of rotatable bonds is 6. The molecule has 0 amide bonds. The van der Waals surface area contributed by atoms with Gasteiger partial charge >= 0.3 is 0 Å². The third kappa shape index (κ3) is 2.72. The van der Waals surface area contributed by atoms with E-state index in [1.54, 1.807) is 13.2 Å². The maximum Gasteiger partial charge on any atom is 0.180 e. The second kappa shape index (κ2) is 6.54. The first-order valence-electron chi connectivity index (χ1n) is 9.85. The van der Waals surface area contributed by atoms with Crippen LogP contribution in [0.15, 0.2) is 12.1 Å². The van der Waals surface area contributed by atoms with Gasteiger partial charge in [-0.2, -0.15) is 0 Å². The van der Waals surface area contributed by atoms with Crippen LogP contribution in [0.2, 0.25) is 0 Å². The van der Waals surface area contributed by atoms with E-state index in [0.29, 0.717) is 13.2 Å². The first kappa shape index (κ1) is 17.8. The van der Waals surface area contributed by atoms with Crippen molar-refractivity contribution < 1.29 is 14.6 Å². The zero-order valence-corrected chi connectivity index (χ0v) is 16.0. The lowest BCUT2D eigenvalue weighted by Crippen LogP contribution is -2.61. The Morgan fingerprint density at radius 2 is 2.15 bits per heavy atom. The van der Waals surface area contributed by atoms with Crippen LogP contribution in [0, 0.1) is 11.8 Å². The molecule has 2 fully saturated rings. The molecule has 4 rings (SSSR count). The summed E-state index contributed by atoms with van der Waals surface area (Å²) >= 11 is 0. The largest absolute Gasteiger partial charge is 0.506 e. The number of hydrogen-bond acceptors (Lipinski definition) is 5. The van der Waals surface area contributed by atoms with Gasteiger partial charge in [0.15, 0.2) is 5.78 Å². The third-order valence-electron chi connectivity index (χ3n) is 6.88. The topological polar surface area (TPSA) is 61.8 Å². The van der Waals surface area contributed by atoms with Crippen molar-refractivity contribution in [2.75, 3.05) is 38.7 Å². The standard InChI is InChI=1S/C21H30N2O3/c1-13-19-20(25)15-6-7-16(24)18(22-9-11-26-3)17(15)21(13,2)8-10-23(19)12-14-4-5-14/h6-7,13-14,19,22,24H,4-5,8-12H2,1-3H3/t13-,19-,21+/m0/s1. The van der Waals surface area contributed by atoms with Crippen molar-refractivity contribution in [1.82, 2.24) is 4.90 Å². The first-order valence-corrected chi connectivity index (χ1v) is 9.85. The van der Waals surface area contributed by atoms with Crippen molar-refractivity contribution in [1.29, 1.82) is 0 Å². The summed E-state index contributed by atoms with van der Waals surface area (Å²) in [6, 6.07) is 3.46. The molecule has 1 saturated heterocycles. The Balaban J connectivity index is 1.75.